The Morgan fingerprint density at radius 3 is 2.50 bits per heavy atom. The number of halogens is 3. The fourth-order valence-electron chi connectivity index (χ4n) is 3.20. The van der Waals surface area contributed by atoms with Crippen molar-refractivity contribution in [1.29, 1.82) is 0 Å². The molecule has 0 spiro atoms. The smallest absolute Gasteiger partial charge is 0.272 e. The highest BCUT2D eigenvalue weighted by molar-refractivity contribution is 7.89. The molecule has 11 heteroatoms. The molecule has 0 saturated carbocycles. The first kappa shape index (κ1) is 20.4. The number of sulfonamides is 1. The van der Waals surface area contributed by atoms with E-state index < -0.39 is 45.5 Å². The lowest BCUT2D eigenvalue weighted by Gasteiger charge is -2.18. The highest BCUT2D eigenvalue weighted by atomic mass is 32.2. The summed E-state index contributed by atoms with van der Waals surface area (Å²) in [7, 11) is -2.52. The molecule has 2 aromatic rings. The number of amides is 1. The summed E-state index contributed by atoms with van der Waals surface area (Å²) >= 11 is 0. The highest BCUT2D eigenvalue weighted by Crippen LogP contribution is 2.29. The van der Waals surface area contributed by atoms with E-state index in [1.807, 2.05) is 0 Å². The Morgan fingerprint density at radius 1 is 1.32 bits per heavy atom. The standard InChI is InChI=1S/C17H18F3N3O4S/c1-8(24)13-4-3-10-14(28(26,27)22-13)7-23(2)16(10)17(25)21-9-5-11(18)15(20)12(19)6-9/h5-8,13,22,24H,3-4H2,1-2H3,(H,21,25)/t8-,13+/m0/s1. The van der Waals surface area contributed by atoms with Crippen molar-refractivity contribution in [3.05, 3.63) is 47.0 Å². The number of carbonyl (C=O) groups is 1. The van der Waals surface area contributed by atoms with Gasteiger partial charge in [0.15, 0.2) is 17.5 Å². The average Bonchev–Trinajstić information content (AvgIpc) is 2.87. The molecule has 0 bridgehead atoms. The van der Waals surface area contributed by atoms with Crippen LogP contribution in [0.15, 0.2) is 23.2 Å². The van der Waals surface area contributed by atoms with E-state index in [9.17, 15) is 31.5 Å². The van der Waals surface area contributed by atoms with Crippen LogP contribution in [0.2, 0.25) is 0 Å². The number of nitrogens with zero attached hydrogens (tertiary/aromatic N) is 1. The predicted molar refractivity (Wildman–Crippen MR) is 93.8 cm³/mol. The normalized spacial score (nSPS) is 19.6. The predicted octanol–water partition coefficient (Wildman–Crippen LogP) is 1.67. The number of fused-ring (bicyclic) bond motifs is 1. The Kier molecular flexibility index (Phi) is 5.26. The number of aliphatic hydroxyl groups is 1. The molecule has 2 atom stereocenters. The molecule has 0 fully saturated rings. The Morgan fingerprint density at radius 2 is 1.93 bits per heavy atom. The summed E-state index contributed by atoms with van der Waals surface area (Å²) in [5, 5.41) is 12.0. The van der Waals surface area contributed by atoms with E-state index in [2.05, 4.69) is 10.0 Å². The molecular formula is C17H18F3N3O4S. The summed E-state index contributed by atoms with van der Waals surface area (Å²) < 4.78 is 68.7. The average molecular weight is 417 g/mol. The zero-order valence-electron chi connectivity index (χ0n) is 15.0. The van der Waals surface area contributed by atoms with Gasteiger partial charge in [0, 0.05) is 42.7 Å². The molecule has 7 nitrogen and oxygen atoms in total. The van der Waals surface area contributed by atoms with Gasteiger partial charge in [-0.05, 0) is 19.8 Å². The molecule has 2 heterocycles. The van der Waals surface area contributed by atoms with Gasteiger partial charge in [0.2, 0.25) is 10.0 Å². The topological polar surface area (TPSA) is 100 Å². The van der Waals surface area contributed by atoms with Crippen molar-refractivity contribution < 1.29 is 31.5 Å². The summed E-state index contributed by atoms with van der Waals surface area (Å²) in [6.07, 6.45) is 0.735. The molecule has 1 aromatic heterocycles. The fraction of sp³-hybridized carbons (Fsp3) is 0.353. The van der Waals surface area contributed by atoms with Crippen molar-refractivity contribution in [2.45, 2.75) is 36.8 Å². The summed E-state index contributed by atoms with van der Waals surface area (Å²) in [6, 6.07) is 0.526. The van der Waals surface area contributed by atoms with Gasteiger partial charge in [-0.25, -0.2) is 26.3 Å². The number of carbonyl (C=O) groups excluding carboxylic acids is 1. The summed E-state index contributed by atoms with van der Waals surface area (Å²) in [5.74, 6) is -5.40. The van der Waals surface area contributed by atoms with E-state index in [0.29, 0.717) is 12.1 Å². The number of benzene rings is 1. The van der Waals surface area contributed by atoms with Gasteiger partial charge in [-0.3, -0.25) is 4.79 Å². The number of aliphatic hydroxyl groups excluding tert-OH is 1. The van der Waals surface area contributed by atoms with Crippen LogP contribution in [-0.2, 0) is 23.5 Å². The van der Waals surface area contributed by atoms with Crippen molar-refractivity contribution >= 4 is 21.6 Å². The minimum Gasteiger partial charge on any atom is -0.392 e. The number of nitrogens with one attached hydrogen (secondary N) is 2. The second-order valence-electron chi connectivity index (χ2n) is 6.65. The van der Waals surface area contributed by atoms with E-state index in [-0.39, 0.29) is 34.7 Å². The Balaban J connectivity index is 1.99. The van der Waals surface area contributed by atoms with Crippen molar-refractivity contribution in [2.24, 2.45) is 7.05 Å². The lowest BCUT2D eigenvalue weighted by atomic mass is 10.0. The van der Waals surface area contributed by atoms with Crippen LogP contribution in [-0.4, -0.2) is 36.1 Å². The number of rotatable bonds is 3. The van der Waals surface area contributed by atoms with E-state index in [0.717, 1.165) is 0 Å². The zero-order valence-corrected chi connectivity index (χ0v) is 15.8. The minimum absolute atomic E-state index is 0.0169. The first-order chi connectivity index (χ1) is 13.0. The third kappa shape index (κ3) is 3.64. The van der Waals surface area contributed by atoms with Crippen LogP contribution in [0.4, 0.5) is 18.9 Å². The highest BCUT2D eigenvalue weighted by Gasteiger charge is 2.34. The van der Waals surface area contributed by atoms with Gasteiger partial charge in [-0.1, -0.05) is 0 Å². The van der Waals surface area contributed by atoms with Gasteiger partial charge in [0.1, 0.15) is 10.6 Å². The zero-order chi connectivity index (χ0) is 20.8. The second kappa shape index (κ2) is 7.22. The van der Waals surface area contributed by atoms with Crippen molar-refractivity contribution in [3.63, 3.8) is 0 Å². The molecule has 152 valence electrons. The summed E-state index contributed by atoms with van der Waals surface area (Å²) in [4.78, 5) is 12.6. The van der Waals surface area contributed by atoms with Gasteiger partial charge in [-0.2, -0.15) is 0 Å². The Bertz CT molecular complexity index is 1030. The largest absolute Gasteiger partial charge is 0.392 e. The molecule has 0 radical (unpaired) electrons. The number of aromatic nitrogens is 1. The minimum atomic E-state index is -3.98. The SMILES string of the molecule is C[C@H](O)[C@H]1CCc2c(cn(C)c2C(=O)Nc2cc(F)c(F)c(F)c2)S(=O)(=O)N1. The second-order valence-corrected chi connectivity index (χ2v) is 8.33. The summed E-state index contributed by atoms with van der Waals surface area (Å²) in [5.41, 5.74) is -0.108. The quantitative estimate of drug-likeness (QED) is 0.662. The van der Waals surface area contributed by atoms with Gasteiger partial charge in [0.05, 0.1) is 6.10 Å². The monoisotopic (exact) mass is 417 g/mol. The molecule has 1 aliphatic heterocycles. The fourth-order valence-corrected chi connectivity index (χ4v) is 4.86. The van der Waals surface area contributed by atoms with Crippen LogP contribution in [0.3, 0.4) is 0 Å². The molecular weight excluding hydrogens is 399 g/mol. The van der Waals surface area contributed by atoms with Crippen LogP contribution in [0.25, 0.3) is 0 Å². The number of hydrogen-bond acceptors (Lipinski definition) is 4. The van der Waals surface area contributed by atoms with Crippen LogP contribution >= 0.6 is 0 Å². The molecule has 0 aliphatic carbocycles. The molecule has 1 aliphatic rings. The van der Waals surface area contributed by atoms with E-state index in [1.54, 1.807) is 0 Å². The maximum absolute atomic E-state index is 13.4. The van der Waals surface area contributed by atoms with E-state index in [4.69, 9.17) is 0 Å². The lowest BCUT2D eigenvalue weighted by Crippen LogP contribution is -2.40. The molecule has 0 unspecified atom stereocenters. The van der Waals surface area contributed by atoms with Crippen LogP contribution in [0.5, 0.6) is 0 Å². The van der Waals surface area contributed by atoms with Crippen molar-refractivity contribution in [2.75, 3.05) is 5.32 Å². The number of hydrogen-bond donors (Lipinski definition) is 3. The molecule has 1 amide bonds. The van der Waals surface area contributed by atoms with Gasteiger partial charge in [0.25, 0.3) is 5.91 Å². The molecule has 3 N–H and O–H groups in total. The maximum Gasteiger partial charge on any atom is 0.272 e. The molecule has 1 aromatic carbocycles. The third-order valence-corrected chi connectivity index (χ3v) is 6.13. The molecule has 0 saturated heterocycles. The van der Waals surface area contributed by atoms with Crippen LogP contribution < -0.4 is 10.0 Å². The summed E-state index contributed by atoms with van der Waals surface area (Å²) in [6.45, 7) is 1.45. The molecule has 28 heavy (non-hydrogen) atoms. The first-order valence-electron chi connectivity index (χ1n) is 8.35. The number of aryl methyl sites for hydroxylation is 1. The van der Waals surface area contributed by atoms with Crippen molar-refractivity contribution in [1.82, 2.24) is 9.29 Å². The Hall–Kier alpha value is -2.37. The van der Waals surface area contributed by atoms with E-state index >= 15 is 0 Å². The third-order valence-electron chi connectivity index (χ3n) is 4.59. The van der Waals surface area contributed by atoms with Gasteiger partial charge < -0.3 is 15.0 Å². The van der Waals surface area contributed by atoms with Gasteiger partial charge in [-0.15, -0.1) is 0 Å². The van der Waals surface area contributed by atoms with Gasteiger partial charge >= 0.3 is 0 Å². The van der Waals surface area contributed by atoms with Crippen LogP contribution in [0, 0.1) is 17.5 Å². The Labute approximate surface area is 159 Å². The van der Waals surface area contributed by atoms with Crippen LogP contribution in [0.1, 0.15) is 29.4 Å². The number of anilines is 1. The first-order valence-corrected chi connectivity index (χ1v) is 9.84. The van der Waals surface area contributed by atoms with E-state index in [1.165, 1.54) is 24.7 Å². The molecule has 3 rings (SSSR count). The maximum atomic E-state index is 13.4. The lowest BCUT2D eigenvalue weighted by molar-refractivity contribution is 0.101. The van der Waals surface area contributed by atoms with Crippen molar-refractivity contribution in [3.8, 4) is 0 Å².